The van der Waals surface area contributed by atoms with E-state index in [0.29, 0.717) is 17.8 Å². The zero-order chi connectivity index (χ0) is 17.9. The van der Waals surface area contributed by atoms with Crippen molar-refractivity contribution in [3.05, 3.63) is 52.3 Å². The molecule has 0 radical (unpaired) electrons. The van der Waals surface area contributed by atoms with Crippen LogP contribution in [0.5, 0.6) is 0 Å². The average molecular weight is 332 g/mol. The van der Waals surface area contributed by atoms with E-state index in [9.17, 15) is 20.0 Å². The topological polar surface area (TPSA) is 102 Å². The second-order valence-electron chi connectivity index (χ2n) is 6.08. The van der Waals surface area contributed by atoms with Crippen molar-refractivity contribution in [3.8, 4) is 5.69 Å². The highest BCUT2D eigenvalue weighted by atomic mass is 16.6. The van der Waals surface area contributed by atoms with Crippen molar-refractivity contribution in [1.82, 2.24) is 14.7 Å². The molecule has 128 valence electrons. The van der Waals surface area contributed by atoms with Crippen molar-refractivity contribution < 1.29 is 14.8 Å². The third-order valence-electron chi connectivity index (χ3n) is 3.40. The Morgan fingerprint density at radius 1 is 1.38 bits per heavy atom. The summed E-state index contributed by atoms with van der Waals surface area (Å²) < 4.78 is 1.48. The minimum Gasteiger partial charge on any atom is -0.389 e. The number of non-ortho nitro benzene ring substituents is 1. The van der Waals surface area contributed by atoms with Gasteiger partial charge in [0, 0.05) is 31.4 Å². The summed E-state index contributed by atoms with van der Waals surface area (Å²) in [7, 11) is 0. The molecule has 0 aliphatic heterocycles. The van der Waals surface area contributed by atoms with Gasteiger partial charge < -0.3 is 10.0 Å². The normalized spacial score (nSPS) is 11.3. The molecule has 1 N–H and O–H groups in total. The Bertz CT molecular complexity index is 731. The molecule has 2 aromatic rings. The van der Waals surface area contributed by atoms with Gasteiger partial charge in [-0.2, -0.15) is 5.10 Å². The van der Waals surface area contributed by atoms with E-state index in [1.807, 2.05) is 6.92 Å². The number of carbonyl (C=O) groups is 1. The fraction of sp³-hybridized carbons (Fsp3) is 0.375. The molecule has 0 saturated carbocycles. The van der Waals surface area contributed by atoms with Crippen LogP contribution in [0, 0.1) is 10.1 Å². The van der Waals surface area contributed by atoms with Gasteiger partial charge in [-0.15, -0.1) is 0 Å². The number of rotatable bonds is 6. The minimum absolute atomic E-state index is 0.00968. The molecule has 0 bridgehead atoms. The van der Waals surface area contributed by atoms with E-state index in [1.54, 1.807) is 32.2 Å². The first-order valence-electron chi connectivity index (χ1n) is 7.52. The van der Waals surface area contributed by atoms with Gasteiger partial charge >= 0.3 is 0 Å². The molecule has 0 atom stereocenters. The molecule has 0 aliphatic rings. The highest BCUT2D eigenvalue weighted by Gasteiger charge is 2.23. The van der Waals surface area contributed by atoms with Gasteiger partial charge in [-0.3, -0.25) is 14.9 Å². The molecule has 1 amide bonds. The molecule has 0 saturated heterocycles. The maximum Gasteiger partial charge on any atom is 0.269 e. The highest BCUT2D eigenvalue weighted by Crippen LogP contribution is 2.16. The van der Waals surface area contributed by atoms with Crippen LogP contribution >= 0.6 is 0 Å². The fourth-order valence-electron chi connectivity index (χ4n) is 2.28. The molecule has 0 spiro atoms. The van der Waals surface area contributed by atoms with E-state index in [0.717, 1.165) is 0 Å². The second kappa shape index (κ2) is 6.79. The summed E-state index contributed by atoms with van der Waals surface area (Å²) in [5.74, 6) is -0.229. The molecule has 0 aliphatic carbocycles. The summed E-state index contributed by atoms with van der Waals surface area (Å²) in [6.07, 6.45) is 3.01. The number of hydrogen-bond donors (Lipinski definition) is 1. The molecular formula is C16H20N4O4. The van der Waals surface area contributed by atoms with E-state index in [2.05, 4.69) is 5.10 Å². The van der Waals surface area contributed by atoms with Crippen molar-refractivity contribution in [2.24, 2.45) is 0 Å². The lowest BCUT2D eigenvalue weighted by atomic mass is 10.1. The number of likely N-dealkylation sites (N-methyl/N-ethyl adjacent to an activating group) is 1. The largest absolute Gasteiger partial charge is 0.389 e. The molecule has 1 heterocycles. The van der Waals surface area contributed by atoms with Gasteiger partial charge in [0.15, 0.2) is 0 Å². The molecule has 8 heteroatoms. The van der Waals surface area contributed by atoms with Crippen LogP contribution in [0.3, 0.4) is 0 Å². The Morgan fingerprint density at radius 3 is 2.50 bits per heavy atom. The zero-order valence-electron chi connectivity index (χ0n) is 13.8. The van der Waals surface area contributed by atoms with Crippen LogP contribution in [0.15, 0.2) is 36.7 Å². The van der Waals surface area contributed by atoms with Crippen molar-refractivity contribution in [3.63, 3.8) is 0 Å². The van der Waals surface area contributed by atoms with Gasteiger partial charge in [-0.25, -0.2) is 4.68 Å². The van der Waals surface area contributed by atoms with Crippen LogP contribution in [0.25, 0.3) is 5.69 Å². The summed E-state index contributed by atoms with van der Waals surface area (Å²) in [5, 5.41) is 24.7. The maximum atomic E-state index is 12.5. The smallest absolute Gasteiger partial charge is 0.269 e. The quantitative estimate of drug-likeness (QED) is 0.644. The molecule has 0 unspecified atom stereocenters. The molecule has 24 heavy (non-hydrogen) atoms. The third-order valence-corrected chi connectivity index (χ3v) is 3.40. The van der Waals surface area contributed by atoms with Gasteiger partial charge in [-0.05, 0) is 32.9 Å². The molecular weight excluding hydrogens is 312 g/mol. The van der Waals surface area contributed by atoms with Crippen molar-refractivity contribution in [2.45, 2.75) is 26.4 Å². The number of nitro groups is 1. The summed E-state index contributed by atoms with van der Waals surface area (Å²) >= 11 is 0. The first-order valence-corrected chi connectivity index (χ1v) is 7.52. The SMILES string of the molecule is CCN(CC(C)(C)O)C(=O)c1cnn(-c2ccc([N+](=O)[O-])cc2)c1. The van der Waals surface area contributed by atoms with Gasteiger partial charge in [-0.1, -0.05) is 0 Å². The number of nitrogens with zero attached hydrogens (tertiary/aromatic N) is 4. The van der Waals surface area contributed by atoms with E-state index < -0.39 is 10.5 Å². The lowest BCUT2D eigenvalue weighted by Gasteiger charge is -2.27. The Kier molecular flexibility index (Phi) is 4.99. The number of carbonyl (C=O) groups excluding carboxylic acids is 1. The van der Waals surface area contributed by atoms with Gasteiger partial charge in [0.2, 0.25) is 0 Å². The van der Waals surface area contributed by atoms with Crippen LogP contribution < -0.4 is 0 Å². The lowest BCUT2D eigenvalue weighted by molar-refractivity contribution is -0.384. The molecule has 0 fully saturated rings. The summed E-state index contributed by atoms with van der Waals surface area (Å²) in [4.78, 5) is 24.3. The van der Waals surface area contributed by atoms with Gasteiger partial charge in [0.1, 0.15) is 0 Å². The minimum atomic E-state index is -0.986. The number of aromatic nitrogens is 2. The number of aliphatic hydroxyl groups is 1. The van der Waals surface area contributed by atoms with Gasteiger partial charge in [0.05, 0.1) is 28.0 Å². The van der Waals surface area contributed by atoms with Crippen molar-refractivity contribution in [2.75, 3.05) is 13.1 Å². The van der Waals surface area contributed by atoms with Crippen molar-refractivity contribution in [1.29, 1.82) is 0 Å². The van der Waals surface area contributed by atoms with Crippen LogP contribution in [-0.2, 0) is 0 Å². The van der Waals surface area contributed by atoms with Gasteiger partial charge in [0.25, 0.3) is 11.6 Å². The van der Waals surface area contributed by atoms with Crippen LogP contribution in [-0.4, -0.2) is 49.3 Å². The predicted molar refractivity (Wildman–Crippen MR) is 88.1 cm³/mol. The molecule has 2 rings (SSSR count). The van der Waals surface area contributed by atoms with E-state index in [4.69, 9.17) is 0 Å². The second-order valence-corrected chi connectivity index (χ2v) is 6.08. The number of benzene rings is 1. The molecule has 1 aromatic heterocycles. The Labute approximate surface area is 139 Å². The molecule has 8 nitrogen and oxygen atoms in total. The summed E-state index contributed by atoms with van der Waals surface area (Å²) in [6.45, 7) is 5.80. The first kappa shape index (κ1) is 17.6. The van der Waals surface area contributed by atoms with Crippen LogP contribution in [0.1, 0.15) is 31.1 Å². The number of hydrogen-bond acceptors (Lipinski definition) is 5. The highest BCUT2D eigenvalue weighted by molar-refractivity contribution is 5.93. The first-order chi connectivity index (χ1) is 11.2. The number of nitro benzene ring substituents is 1. The predicted octanol–water partition coefficient (Wildman–Crippen LogP) is 2.01. The lowest BCUT2D eigenvalue weighted by Crippen LogP contribution is -2.42. The monoisotopic (exact) mass is 332 g/mol. The fourth-order valence-corrected chi connectivity index (χ4v) is 2.28. The summed E-state index contributed by atoms with van der Waals surface area (Å²) in [5.41, 5.74) is 0.00853. The standard InChI is InChI=1S/C16H20N4O4/c1-4-18(11-16(2,3)22)15(21)12-9-17-19(10-12)13-5-7-14(8-6-13)20(23)24/h5-10,22H,4,11H2,1-3H3. The third kappa shape index (κ3) is 4.17. The summed E-state index contributed by atoms with van der Waals surface area (Å²) in [6, 6.07) is 5.89. The van der Waals surface area contributed by atoms with Crippen LogP contribution in [0.4, 0.5) is 5.69 Å². The van der Waals surface area contributed by atoms with E-state index in [-0.39, 0.29) is 18.1 Å². The van der Waals surface area contributed by atoms with Crippen molar-refractivity contribution >= 4 is 11.6 Å². The number of amides is 1. The van der Waals surface area contributed by atoms with Crippen LogP contribution in [0.2, 0.25) is 0 Å². The average Bonchev–Trinajstić information content (AvgIpc) is 3.01. The van der Waals surface area contributed by atoms with E-state index >= 15 is 0 Å². The zero-order valence-corrected chi connectivity index (χ0v) is 13.8. The Balaban J connectivity index is 2.20. The van der Waals surface area contributed by atoms with E-state index in [1.165, 1.54) is 27.9 Å². The maximum absolute atomic E-state index is 12.5. The molecule has 1 aromatic carbocycles. The Morgan fingerprint density at radius 2 is 2.00 bits per heavy atom. The Hall–Kier alpha value is -2.74.